The molecule has 0 saturated carbocycles. The van der Waals surface area contributed by atoms with Gasteiger partial charge in [0.2, 0.25) is 5.91 Å². The molecule has 188 valence electrons. The van der Waals surface area contributed by atoms with Gasteiger partial charge in [0.05, 0.1) is 29.2 Å². The topological polar surface area (TPSA) is 164 Å². The van der Waals surface area contributed by atoms with E-state index in [0.717, 1.165) is 11.3 Å². The lowest BCUT2D eigenvalue weighted by molar-refractivity contribution is -0.390. The Morgan fingerprint density at radius 1 is 1.31 bits per heavy atom. The number of anilines is 1. The number of nitrogens with zero attached hydrogens (tertiary/aromatic N) is 6. The summed E-state index contributed by atoms with van der Waals surface area (Å²) in [5.74, 6) is -1.82. The maximum absolute atomic E-state index is 13.6. The van der Waals surface area contributed by atoms with Crippen molar-refractivity contribution in [3.8, 4) is 11.1 Å². The monoisotopic (exact) mass is 582 g/mol. The lowest BCUT2D eigenvalue weighted by Gasteiger charge is -2.10. The molecule has 36 heavy (non-hydrogen) atoms. The number of rotatable bonds is 8. The quantitative estimate of drug-likeness (QED) is 0.234. The third-order valence-electron chi connectivity index (χ3n) is 5.14. The summed E-state index contributed by atoms with van der Waals surface area (Å²) in [5.41, 5.74) is 6.45. The highest BCUT2D eigenvalue weighted by Gasteiger charge is 2.26. The van der Waals surface area contributed by atoms with Crippen molar-refractivity contribution in [1.29, 1.82) is 0 Å². The van der Waals surface area contributed by atoms with E-state index >= 15 is 0 Å². The van der Waals surface area contributed by atoms with Gasteiger partial charge in [-0.05, 0) is 39.4 Å². The fraction of sp³-hybridized carbons (Fsp3) is 0.250. The molecule has 0 radical (unpaired) electrons. The predicted octanol–water partition coefficient (Wildman–Crippen LogP) is 3.94. The van der Waals surface area contributed by atoms with E-state index in [9.17, 15) is 28.5 Å². The second-order valence-corrected chi connectivity index (χ2v) is 9.52. The summed E-state index contributed by atoms with van der Waals surface area (Å²) in [7, 11) is 1.67. The van der Waals surface area contributed by atoms with Crippen LogP contribution in [-0.2, 0) is 18.4 Å². The van der Waals surface area contributed by atoms with E-state index in [4.69, 9.17) is 5.73 Å². The Labute approximate surface area is 213 Å². The Balaban J connectivity index is 1.75. The number of fused-ring (bicyclic) bond motifs is 1. The molecule has 0 aromatic carbocycles. The zero-order chi connectivity index (χ0) is 26.3. The van der Waals surface area contributed by atoms with Gasteiger partial charge in [0.15, 0.2) is 0 Å². The molecule has 0 saturated heterocycles. The number of amides is 2. The first-order chi connectivity index (χ1) is 17.0. The summed E-state index contributed by atoms with van der Waals surface area (Å²) in [6.45, 7) is 1.69. The van der Waals surface area contributed by atoms with E-state index in [2.05, 4.69) is 36.4 Å². The number of aromatic nitrogens is 5. The molecule has 0 fully saturated rings. The second-order valence-electron chi connectivity index (χ2n) is 7.67. The molecule has 0 bridgehead atoms. The van der Waals surface area contributed by atoms with Gasteiger partial charge in [-0.25, -0.2) is 13.8 Å². The van der Waals surface area contributed by atoms with E-state index in [1.54, 1.807) is 20.2 Å². The van der Waals surface area contributed by atoms with Crippen LogP contribution >= 0.6 is 27.3 Å². The highest BCUT2D eigenvalue weighted by molar-refractivity contribution is 9.10. The Kier molecular flexibility index (Phi) is 6.81. The second kappa shape index (κ2) is 9.69. The van der Waals surface area contributed by atoms with Crippen LogP contribution in [0.1, 0.15) is 33.9 Å². The number of nitro groups is 1. The summed E-state index contributed by atoms with van der Waals surface area (Å²) in [5, 5.41) is 21.9. The van der Waals surface area contributed by atoms with Crippen LogP contribution in [-0.4, -0.2) is 41.3 Å². The number of hydrogen-bond acceptors (Lipinski definition) is 8. The number of pyridine rings is 1. The Hall–Kier alpha value is -3.79. The van der Waals surface area contributed by atoms with Crippen molar-refractivity contribution in [2.75, 3.05) is 5.32 Å². The average Bonchev–Trinajstić information content (AvgIpc) is 3.46. The minimum Gasteiger partial charge on any atom is -0.365 e. The standard InChI is InChI=1S/C20H17BrF2N8O4S/c1-8-10(6-29(2)27-8)9-5-12(17(22)23)25-20-14(9)15(16(36-20)18(24)33)26-13(32)3-4-30-7-11(21)19(28-30)31(34)35/h5-7,17H,3-4H2,1-2H3,(H2,24,33)(H,26,32). The molecule has 0 atom stereocenters. The van der Waals surface area contributed by atoms with Crippen molar-refractivity contribution in [2.45, 2.75) is 26.3 Å². The summed E-state index contributed by atoms with van der Waals surface area (Å²) < 4.78 is 30.1. The predicted molar refractivity (Wildman–Crippen MR) is 130 cm³/mol. The number of carbonyl (C=O) groups is 2. The maximum atomic E-state index is 13.6. The molecule has 4 rings (SSSR count). The lowest BCUT2D eigenvalue weighted by Crippen LogP contribution is -2.18. The van der Waals surface area contributed by atoms with Gasteiger partial charge in [-0.15, -0.1) is 11.3 Å². The molecular weight excluding hydrogens is 566 g/mol. The van der Waals surface area contributed by atoms with Gasteiger partial charge in [-0.1, -0.05) is 0 Å². The third-order valence-corrected chi connectivity index (χ3v) is 6.79. The van der Waals surface area contributed by atoms with Gasteiger partial charge in [0, 0.05) is 30.6 Å². The maximum Gasteiger partial charge on any atom is 0.404 e. The van der Waals surface area contributed by atoms with Gasteiger partial charge >= 0.3 is 5.82 Å². The number of carbonyl (C=O) groups excluding carboxylic acids is 2. The lowest BCUT2D eigenvalue weighted by atomic mass is 10.0. The molecule has 4 heterocycles. The highest BCUT2D eigenvalue weighted by atomic mass is 79.9. The first kappa shape index (κ1) is 25.3. The van der Waals surface area contributed by atoms with Gasteiger partial charge in [0.25, 0.3) is 12.3 Å². The Morgan fingerprint density at radius 2 is 2.03 bits per heavy atom. The molecule has 4 aromatic rings. The van der Waals surface area contributed by atoms with E-state index in [0.29, 0.717) is 16.8 Å². The van der Waals surface area contributed by atoms with Crippen LogP contribution in [0.5, 0.6) is 0 Å². The molecule has 0 aliphatic rings. The van der Waals surface area contributed by atoms with Crippen molar-refractivity contribution in [3.05, 3.63) is 49.3 Å². The van der Waals surface area contributed by atoms with E-state index in [1.165, 1.54) is 21.6 Å². The highest BCUT2D eigenvalue weighted by Crippen LogP contribution is 2.43. The zero-order valence-electron chi connectivity index (χ0n) is 18.7. The summed E-state index contributed by atoms with van der Waals surface area (Å²) >= 11 is 3.83. The van der Waals surface area contributed by atoms with Gasteiger partial charge in [0.1, 0.15) is 19.9 Å². The summed E-state index contributed by atoms with van der Waals surface area (Å²) in [4.78, 5) is 39.4. The fourth-order valence-corrected chi connectivity index (χ4v) is 5.12. The molecule has 16 heteroatoms. The summed E-state index contributed by atoms with van der Waals surface area (Å²) in [6.07, 6.45) is -0.0429. The number of aryl methyl sites for hydroxylation is 3. The normalized spacial score (nSPS) is 11.4. The third kappa shape index (κ3) is 4.81. The molecule has 12 nitrogen and oxygen atoms in total. The molecule has 2 amide bonds. The summed E-state index contributed by atoms with van der Waals surface area (Å²) in [6, 6.07) is 1.20. The number of primary amides is 1. The van der Waals surface area contributed by atoms with E-state index < -0.39 is 34.7 Å². The van der Waals surface area contributed by atoms with Gasteiger partial charge in [-0.2, -0.15) is 9.78 Å². The minimum absolute atomic E-state index is 0.00536. The van der Waals surface area contributed by atoms with Gasteiger partial charge in [-0.3, -0.25) is 14.3 Å². The van der Waals surface area contributed by atoms with Crippen LogP contribution < -0.4 is 11.1 Å². The average molecular weight is 583 g/mol. The number of hydrogen-bond donors (Lipinski definition) is 2. The van der Waals surface area contributed by atoms with E-state index in [1.807, 2.05) is 0 Å². The van der Waals surface area contributed by atoms with Crippen molar-refractivity contribution >= 4 is 60.8 Å². The van der Waals surface area contributed by atoms with Crippen molar-refractivity contribution in [3.63, 3.8) is 0 Å². The molecule has 3 N–H and O–H groups in total. The van der Waals surface area contributed by atoms with Crippen LogP contribution in [0, 0.1) is 17.0 Å². The van der Waals surface area contributed by atoms with Crippen LogP contribution in [0.15, 0.2) is 22.9 Å². The van der Waals surface area contributed by atoms with Crippen LogP contribution in [0.2, 0.25) is 0 Å². The molecule has 0 spiro atoms. The molecule has 0 unspecified atom stereocenters. The Bertz CT molecular complexity index is 1530. The van der Waals surface area contributed by atoms with Crippen LogP contribution in [0.4, 0.5) is 20.3 Å². The molecule has 4 aromatic heterocycles. The molecule has 0 aliphatic heterocycles. The van der Waals surface area contributed by atoms with Crippen LogP contribution in [0.25, 0.3) is 21.3 Å². The van der Waals surface area contributed by atoms with Gasteiger partial charge < -0.3 is 21.2 Å². The largest absolute Gasteiger partial charge is 0.404 e. The van der Waals surface area contributed by atoms with E-state index in [-0.39, 0.29) is 38.2 Å². The minimum atomic E-state index is -2.88. The van der Waals surface area contributed by atoms with Crippen molar-refractivity contribution in [1.82, 2.24) is 24.5 Å². The van der Waals surface area contributed by atoms with Crippen LogP contribution in [0.3, 0.4) is 0 Å². The van der Waals surface area contributed by atoms with Crippen molar-refractivity contribution in [2.24, 2.45) is 12.8 Å². The number of nitrogens with one attached hydrogen (secondary N) is 1. The number of nitrogens with two attached hydrogens (primary N) is 1. The molecule has 0 aliphatic carbocycles. The fourth-order valence-electron chi connectivity index (χ4n) is 3.64. The number of halogens is 3. The first-order valence-electron chi connectivity index (χ1n) is 10.2. The molecular formula is C20H17BrF2N8O4S. The smallest absolute Gasteiger partial charge is 0.365 e. The van der Waals surface area contributed by atoms with Crippen molar-refractivity contribution < 1.29 is 23.3 Å². The Morgan fingerprint density at radius 3 is 2.58 bits per heavy atom. The SMILES string of the molecule is Cc1nn(C)cc1-c1cc(C(F)F)nc2sc(C(N)=O)c(NC(=O)CCn3cc(Br)c([N+](=O)[O-])n3)c12. The number of thiophene rings is 1. The number of alkyl halides is 2. The zero-order valence-corrected chi connectivity index (χ0v) is 21.1. The first-order valence-corrected chi connectivity index (χ1v) is 11.8.